The van der Waals surface area contributed by atoms with Crippen molar-refractivity contribution in [1.82, 2.24) is 10.2 Å². The maximum atomic E-state index is 14.0. The van der Waals surface area contributed by atoms with Crippen LogP contribution >= 0.6 is 23.2 Å². The van der Waals surface area contributed by atoms with Crippen LogP contribution in [0.3, 0.4) is 0 Å². The van der Waals surface area contributed by atoms with E-state index in [-0.39, 0.29) is 37.1 Å². The summed E-state index contributed by atoms with van der Waals surface area (Å²) in [4.78, 5) is 40.8. The number of halogens is 2. The third kappa shape index (κ3) is 5.68. The summed E-state index contributed by atoms with van der Waals surface area (Å²) in [6.45, 7) is -0.175. The molecule has 0 radical (unpaired) electrons. The van der Waals surface area contributed by atoms with Gasteiger partial charge in [-0.15, -0.1) is 0 Å². The second kappa shape index (κ2) is 12.4. The van der Waals surface area contributed by atoms with Crippen LogP contribution in [-0.4, -0.2) is 71.7 Å². The van der Waals surface area contributed by atoms with Crippen LogP contribution in [0.15, 0.2) is 42.0 Å². The number of nitrogens with zero attached hydrogens (tertiary/aromatic N) is 1. The number of fused-ring (bicyclic) bond motifs is 3. The van der Waals surface area contributed by atoms with Crippen molar-refractivity contribution in [1.29, 1.82) is 0 Å². The average molecular weight is 603 g/mol. The third-order valence-electron chi connectivity index (χ3n) is 8.11. The first-order valence-electron chi connectivity index (χ1n) is 13.6. The zero-order chi connectivity index (χ0) is 29.3. The van der Waals surface area contributed by atoms with Gasteiger partial charge in [0.2, 0.25) is 11.8 Å². The van der Waals surface area contributed by atoms with Crippen LogP contribution in [0.2, 0.25) is 10.0 Å². The molecule has 0 aromatic heterocycles. The third-order valence-corrected chi connectivity index (χ3v) is 8.70. The van der Waals surface area contributed by atoms with Gasteiger partial charge in [-0.1, -0.05) is 42.1 Å². The number of ether oxygens (including phenoxy) is 2. The molecule has 4 atom stereocenters. The molecule has 5 rings (SSSR count). The second-order valence-electron chi connectivity index (χ2n) is 10.6. The van der Waals surface area contributed by atoms with Gasteiger partial charge in [0.1, 0.15) is 18.5 Å². The number of benzene rings is 2. The Labute approximate surface area is 248 Å². The summed E-state index contributed by atoms with van der Waals surface area (Å²) in [5.41, 5.74) is 1.75. The van der Waals surface area contributed by atoms with Crippen molar-refractivity contribution in [3.63, 3.8) is 0 Å². The summed E-state index contributed by atoms with van der Waals surface area (Å²) in [5, 5.41) is 24.7. The van der Waals surface area contributed by atoms with E-state index in [1.165, 1.54) is 13.2 Å². The van der Waals surface area contributed by atoms with E-state index in [4.69, 9.17) is 32.7 Å². The topological polar surface area (TPSA) is 125 Å². The lowest BCUT2D eigenvalue weighted by molar-refractivity contribution is -0.142. The van der Waals surface area contributed by atoms with Crippen LogP contribution in [-0.2, 0) is 16.1 Å². The minimum Gasteiger partial charge on any atom is -0.493 e. The maximum absolute atomic E-state index is 14.0. The number of aliphatic hydroxyl groups is 2. The summed E-state index contributed by atoms with van der Waals surface area (Å²) >= 11 is 12.6. The van der Waals surface area contributed by atoms with E-state index in [2.05, 4.69) is 5.32 Å². The van der Waals surface area contributed by atoms with Crippen LogP contribution in [0.5, 0.6) is 11.5 Å². The molecule has 1 aliphatic heterocycles. The van der Waals surface area contributed by atoms with E-state index in [0.717, 1.165) is 25.7 Å². The molecule has 2 amide bonds. The monoisotopic (exact) mass is 602 g/mol. The molecule has 1 fully saturated rings. The lowest BCUT2D eigenvalue weighted by atomic mass is 9.77. The van der Waals surface area contributed by atoms with Crippen LogP contribution in [0.4, 0.5) is 0 Å². The highest BCUT2D eigenvalue weighted by Gasteiger charge is 2.52. The summed E-state index contributed by atoms with van der Waals surface area (Å²) < 4.78 is 11.7. The number of nitrogens with one attached hydrogen (secondary N) is 1. The highest BCUT2D eigenvalue weighted by Crippen LogP contribution is 2.51. The standard InChI is InChI=1S/C30H32Cl2N2O7/c1-40-24-11-16(15-36)10-20-25-21(29(38)33-8-9-35)13-23(26(37)28(25)41-27(20)24)34(30(39)17-4-2-3-5-17)14-18-6-7-19(31)12-22(18)32/h6-7,10-13,15,17,23,25-26,28,35,37H,2-5,8-9,14H2,1H3,(H,33,38). The molecule has 41 heavy (non-hydrogen) atoms. The van der Waals surface area contributed by atoms with Gasteiger partial charge in [-0.3, -0.25) is 14.4 Å². The van der Waals surface area contributed by atoms with E-state index in [9.17, 15) is 24.6 Å². The predicted octanol–water partition coefficient (Wildman–Crippen LogP) is 3.66. The largest absolute Gasteiger partial charge is 0.493 e. The van der Waals surface area contributed by atoms with Gasteiger partial charge in [0.15, 0.2) is 11.5 Å². The molecule has 0 bridgehead atoms. The molecule has 4 unspecified atom stereocenters. The van der Waals surface area contributed by atoms with Crippen molar-refractivity contribution in [3.05, 3.63) is 68.7 Å². The van der Waals surface area contributed by atoms with Crippen LogP contribution in [0.1, 0.15) is 53.1 Å². The van der Waals surface area contributed by atoms with Crippen LogP contribution < -0.4 is 14.8 Å². The molecule has 3 N–H and O–H groups in total. The number of hydrogen-bond acceptors (Lipinski definition) is 7. The SMILES string of the molecule is COc1cc(C=O)cc2c1OC1C2C(C(=O)NCCO)=CC(N(Cc2ccc(Cl)cc2Cl)C(=O)C2CCCC2)C1O. The molecular formula is C30H32Cl2N2O7. The van der Waals surface area contributed by atoms with E-state index in [0.29, 0.717) is 44.5 Å². The number of methoxy groups -OCH3 is 1. The van der Waals surface area contributed by atoms with Gasteiger partial charge in [0.05, 0.1) is 25.7 Å². The minimum absolute atomic E-state index is 0.0112. The van der Waals surface area contributed by atoms with Gasteiger partial charge in [-0.05, 0) is 48.7 Å². The molecular weight excluding hydrogens is 571 g/mol. The lowest BCUT2D eigenvalue weighted by Gasteiger charge is -2.41. The molecule has 0 saturated heterocycles. The van der Waals surface area contributed by atoms with Gasteiger partial charge >= 0.3 is 0 Å². The van der Waals surface area contributed by atoms with Crippen LogP contribution in [0.25, 0.3) is 0 Å². The van der Waals surface area contributed by atoms with E-state index < -0.39 is 30.1 Å². The number of rotatable bonds is 9. The van der Waals surface area contributed by atoms with Gasteiger partial charge < -0.3 is 29.9 Å². The Kier molecular flexibility index (Phi) is 8.89. The number of hydrogen-bond donors (Lipinski definition) is 3. The number of carbonyl (C=O) groups is 3. The molecule has 9 nitrogen and oxygen atoms in total. The van der Waals surface area contributed by atoms with Crippen molar-refractivity contribution >= 4 is 41.3 Å². The highest BCUT2D eigenvalue weighted by molar-refractivity contribution is 6.35. The Morgan fingerprint density at radius 1 is 1.20 bits per heavy atom. The Morgan fingerprint density at radius 2 is 1.95 bits per heavy atom. The smallest absolute Gasteiger partial charge is 0.247 e. The fourth-order valence-corrected chi connectivity index (χ4v) is 6.60. The van der Waals surface area contributed by atoms with E-state index in [1.807, 2.05) is 0 Å². The van der Waals surface area contributed by atoms with Crippen molar-refractivity contribution in [2.45, 2.75) is 56.4 Å². The minimum atomic E-state index is -1.23. The van der Waals surface area contributed by atoms with Crippen molar-refractivity contribution in [3.8, 4) is 11.5 Å². The zero-order valence-corrected chi connectivity index (χ0v) is 24.0. The fourth-order valence-electron chi connectivity index (χ4n) is 6.13. The summed E-state index contributed by atoms with van der Waals surface area (Å²) in [6, 6.07) is 7.24. The molecule has 2 aliphatic carbocycles. The quantitative estimate of drug-likeness (QED) is 0.374. The molecule has 1 saturated carbocycles. The first-order valence-corrected chi connectivity index (χ1v) is 14.4. The zero-order valence-electron chi connectivity index (χ0n) is 22.5. The number of carbonyl (C=O) groups excluding carboxylic acids is 3. The Balaban J connectivity index is 1.61. The van der Waals surface area contributed by atoms with Gasteiger partial charge in [0.25, 0.3) is 0 Å². The van der Waals surface area contributed by atoms with Crippen molar-refractivity contribution < 1.29 is 34.1 Å². The molecule has 1 heterocycles. The first kappa shape index (κ1) is 29.4. The average Bonchev–Trinajstić information content (AvgIpc) is 3.64. The van der Waals surface area contributed by atoms with Crippen molar-refractivity contribution in [2.75, 3.05) is 20.3 Å². The highest BCUT2D eigenvalue weighted by atomic mass is 35.5. The van der Waals surface area contributed by atoms with Gasteiger partial charge in [-0.2, -0.15) is 0 Å². The van der Waals surface area contributed by atoms with Crippen LogP contribution in [0, 0.1) is 5.92 Å². The van der Waals surface area contributed by atoms with Gasteiger partial charge in [-0.25, -0.2) is 0 Å². The number of amides is 2. The van der Waals surface area contributed by atoms with Crippen molar-refractivity contribution in [2.24, 2.45) is 5.92 Å². The second-order valence-corrected chi connectivity index (χ2v) is 11.4. The Morgan fingerprint density at radius 3 is 2.61 bits per heavy atom. The predicted molar refractivity (Wildman–Crippen MR) is 152 cm³/mol. The molecule has 0 spiro atoms. The lowest BCUT2D eigenvalue weighted by Crippen LogP contribution is -2.56. The first-order chi connectivity index (χ1) is 19.8. The normalized spacial score (nSPS) is 23.2. The number of aliphatic hydroxyl groups excluding tert-OH is 2. The molecule has 2 aromatic carbocycles. The Bertz CT molecular complexity index is 1370. The summed E-state index contributed by atoms with van der Waals surface area (Å²) in [7, 11) is 1.44. The fraction of sp³-hybridized carbons (Fsp3) is 0.433. The summed E-state index contributed by atoms with van der Waals surface area (Å²) in [5.74, 6) is -0.962. The Hall–Kier alpha value is -3.11. The maximum Gasteiger partial charge on any atom is 0.247 e. The molecule has 218 valence electrons. The van der Waals surface area contributed by atoms with Gasteiger partial charge in [0, 0.05) is 45.8 Å². The van der Waals surface area contributed by atoms with E-state index >= 15 is 0 Å². The molecule has 11 heteroatoms. The van der Waals surface area contributed by atoms with E-state index in [1.54, 1.807) is 35.2 Å². The summed E-state index contributed by atoms with van der Waals surface area (Å²) in [6.07, 6.45) is 3.43. The number of aldehydes is 1. The molecule has 2 aromatic rings. The molecule has 3 aliphatic rings.